The van der Waals surface area contributed by atoms with E-state index in [1.807, 2.05) is 6.07 Å². The number of hydrogen-bond donors (Lipinski definition) is 1. The van der Waals surface area contributed by atoms with E-state index in [2.05, 4.69) is 24.1 Å². The van der Waals surface area contributed by atoms with Crippen molar-refractivity contribution in [2.45, 2.75) is 26.8 Å². The molecule has 0 aliphatic rings. The van der Waals surface area contributed by atoms with Gasteiger partial charge in [-0.05, 0) is 44.2 Å². The molecule has 21 heavy (non-hydrogen) atoms. The standard InChI is InChI=1S/C15H25N3O3/c1-4-17(5-2)10-6-9-16-12-13-7-8-15(21-3)14(11-13)18(19)20/h7-8,11,16H,4-6,9-10,12H2,1-3H3. The van der Waals surface area contributed by atoms with Crippen molar-refractivity contribution < 1.29 is 9.66 Å². The van der Waals surface area contributed by atoms with E-state index in [9.17, 15) is 10.1 Å². The lowest BCUT2D eigenvalue weighted by Gasteiger charge is -2.17. The van der Waals surface area contributed by atoms with E-state index in [0.717, 1.165) is 38.2 Å². The Morgan fingerprint density at radius 2 is 2.05 bits per heavy atom. The Labute approximate surface area is 126 Å². The first-order valence-electron chi connectivity index (χ1n) is 7.36. The zero-order valence-corrected chi connectivity index (χ0v) is 13.1. The Kier molecular flexibility index (Phi) is 7.71. The fourth-order valence-electron chi connectivity index (χ4n) is 2.19. The first-order valence-corrected chi connectivity index (χ1v) is 7.36. The molecule has 0 saturated heterocycles. The Morgan fingerprint density at radius 3 is 2.62 bits per heavy atom. The van der Waals surface area contributed by atoms with Gasteiger partial charge in [-0.1, -0.05) is 19.9 Å². The van der Waals surface area contributed by atoms with E-state index in [1.165, 1.54) is 7.11 Å². The van der Waals surface area contributed by atoms with Gasteiger partial charge in [-0.25, -0.2) is 0 Å². The molecule has 0 saturated carbocycles. The summed E-state index contributed by atoms with van der Waals surface area (Å²) in [5.74, 6) is 0.297. The summed E-state index contributed by atoms with van der Waals surface area (Å²) in [7, 11) is 1.44. The average Bonchev–Trinajstić information content (AvgIpc) is 2.50. The highest BCUT2D eigenvalue weighted by Gasteiger charge is 2.14. The van der Waals surface area contributed by atoms with Crippen LogP contribution in [0.4, 0.5) is 5.69 Å². The zero-order chi connectivity index (χ0) is 15.7. The molecule has 1 rings (SSSR count). The predicted molar refractivity (Wildman–Crippen MR) is 83.8 cm³/mol. The molecule has 0 radical (unpaired) electrons. The van der Waals surface area contributed by atoms with Crippen LogP contribution in [-0.4, -0.2) is 43.1 Å². The second kappa shape index (κ2) is 9.31. The monoisotopic (exact) mass is 295 g/mol. The van der Waals surface area contributed by atoms with Crippen LogP contribution in [0.25, 0.3) is 0 Å². The van der Waals surface area contributed by atoms with Crippen molar-refractivity contribution in [2.24, 2.45) is 0 Å². The van der Waals surface area contributed by atoms with Gasteiger partial charge in [0, 0.05) is 12.6 Å². The molecule has 0 spiro atoms. The van der Waals surface area contributed by atoms with Gasteiger partial charge in [0.05, 0.1) is 12.0 Å². The summed E-state index contributed by atoms with van der Waals surface area (Å²) in [5, 5.41) is 14.3. The molecule has 0 aliphatic carbocycles. The second-order valence-corrected chi connectivity index (χ2v) is 4.82. The molecule has 0 atom stereocenters. The lowest BCUT2D eigenvalue weighted by atomic mass is 10.2. The smallest absolute Gasteiger partial charge is 0.311 e. The minimum atomic E-state index is -0.414. The van der Waals surface area contributed by atoms with E-state index in [1.54, 1.807) is 12.1 Å². The van der Waals surface area contributed by atoms with Gasteiger partial charge < -0.3 is 15.0 Å². The molecule has 1 aromatic carbocycles. The number of nitrogens with one attached hydrogen (secondary N) is 1. The van der Waals surface area contributed by atoms with Crippen molar-refractivity contribution in [2.75, 3.05) is 33.3 Å². The maximum Gasteiger partial charge on any atom is 0.311 e. The van der Waals surface area contributed by atoms with Gasteiger partial charge in [-0.2, -0.15) is 0 Å². The number of ether oxygens (including phenoxy) is 1. The van der Waals surface area contributed by atoms with Gasteiger partial charge in [0.15, 0.2) is 5.75 Å². The SMILES string of the molecule is CCN(CC)CCCNCc1ccc(OC)c([N+](=O)[O-])c1. The highest BCUT2D eigenvalue weighted by molar-refractivity contribution is 5.48. The van der Waals surface area contributed by atoms with E-state index >= 15 is 0 Å². The fraction of sp³-hybridized carbons (Fsp3) is 0.600. The number of methoxy groups -OCH3 is 1. The molecular weight excluding hydrogens is 270 g/mol. The van der Waals surface area contributed by atoms with Crippen molar-refractivity contribution in [3.8, 4) is 5.75 Å². The molecule has 1 aromatic rings. The molecule has 0 unspecified atom stereocenters. The van der Waals surface area contributed by atoms with Gasteiger partial charge >= 0.3 is 5.69 Å². The molecule has 6 nitrogen and oxygen atoms in total. The highest BCUT2D eigenvalue weighted by atomic mass is 16.6. The molecular formula is C15H25N3O3. The lowest BCUT2D eigenvalue weighted by molar-refractivity contribution is -0.385. The number of benzene rings is 1. The normalized spacial score (nSPS) is 10.9. The van der Waals surface area contributed by atoms with E-state index in [4.69, 9.17) is 4.74 Å². The van der Waals surface area contributed by atoms with Crippen LogP contribution in [0, 0.1) is 10.1 Å². The van der Waals surface area contributed by atoms with Crippen molar-refractivity contribution in [1.82, 2.24) is 10.2 Å². The van der Waals surface area contributed by atoms with Crippen molar-refractivity contribution in [1.29, 1.82) is 0 Å². The van der Waals surface area contributed by atoms with Crippen molar-refractivity contribution in [3.05, 3.63) is 33.9 Å². The summed E-state index contributed by atoms with van der Waals surface area (Å²) >= 11 is 0. The van der Waals surface area contributed by atoms with Gasteiger partial charge in [-0.3, -0.25) is 10.1 Å². The minimum Gasteiger partial charge on any atom is -0.490 e. The Morgan fingerprint density at radius 1 is 1.33 bits per heavy atom. The molecule has 6 heteroatoms. The fourth-order valence-corrected chi connectivity index (χ4v) is 2.19. The Balaban J connectivity index is 2.42. The largest absolute Gasteiger partial charge is 0.490 e. The number of nitro benzene ring substituents is 1. The minimum absolute atomic E-state index is 0.0138. The molecule has 0 bridgehead atoms. The first-order chi connectivity index (χ1) is 10.1. The van der Waals surface area contributed by atoms with E-state index in [0.29, 0.717) is 12.3 Å². The summed E-state index contributed by atoms with van der Waals surface area (Å²) in [4.78, 5) is 12.9. The van der Waals surface area contributed by atoms with Crippen LogP contribution in [0.5, 0.6) is 5.75 Å². The van der Waals surface area contributed by atoms with Crippen LogP contribution in [0.2, 0.25) is 0 Å². The van der Waals surface area contributed by atoms with Crippen molar-refractivity contribution in [3.63, 3.8) is 0 Å². The quantitative estimate of drug-likeness (QED) is 0.408. The molecule has 0 amide bonds. The molecule has 0 aliphatic heterocycles. The van der Waals surface area contributed by atoms with Gasteiger partial charge in [0.2, 0.25) is 0 Å². The first kappa shape index (κ1) is 17.4. The van der Waals surface area contributed by atoms with Crippen LogP contribution >= 0.6 is 0 Å². The number of nitro groups is 1. The van der Waals surface area contributed by atoms with Crippen molar-refractivity contribution >= 4 is 5.69 Å². The van der Waals surface area contributed by atoms with Crippen LogP contribution in [-0.2, 0) is 6.54 Å². The third-order valence-corrected chi connectivity index (χ3v) is 3.49. The van der Waals surface area contributed by atoms with Crippen LogP contribution in [0.3, 0.4) is 0 Å². The number of rotatable bonds is 10. The summed E-state index contributed by atoms with van der Waals surface area (Å²) in [6.07, 6.45) is 1.07. The maximum absolute atomic E-state index is 10.9. The van der Waals surface area contributed by atoms with E-state index in [-0.39, 0.29) is 5.69 Å². The molecule has 118 valence electrons. The lowest BCUT2D eigenvalue weighted by Crippen LogP contribution is -2.27. The van der Waals surface area contributed by atoms with Crippen LogP contribution in [0.1, 0.15) is 25.8 Å². The Bertz CT molecular complexity index is 448. The topological polar surface area (TPSA) is 67.6 Å². The summed E-state index contributed by atoms with van der Waals surface area (Å²) in [6, 6.07) is 5.06. The highest BCUT2D eigenvalue weighted by Crippen LogP contribution is 2.27. The maximum atomic E-state index is 10.9. The van der Waals surface area contributed by atoms with Gasteiger partial charge in [0.1, 0.15) is 0 Å². The van der Waals surface area contributed by atoms with Crippen LogP contribution in [0.15, 0.2) is 18.2 Å². The summed E-state index contributed by atoms with van der Waals surface area (Å²) in [5.41, 5.74) is 0.908. The summed E-state index contributed by atoms with van der Waals surface area (Å²) < 4.78 is 4.99. The third kappa shape index (κ3) is 5.69. The number of hydrogen-bond acceptors (Lipinski definition) is 5. The summed E-state index contributed by atoms with van der Waals surface area (Å²) in [6.45, 7) is 9.06. The molecule has 0 fully saturated rings. The predicted octanol–water partition coefficient (Wildman–Crippen LogP) is 2.42. The average molecular weight is 295 g/mol. The molecule has 0 aromatic heterocycles. The van der Waals surface area contributed by atoms with Gasteiger partial charge in [-0.15, -0.1) is 0 Å². The third-order valence-electron chi connectivity index (χ3n) is 3.49. The zero-order valence-electron chi connectivity index (χ0n) is 13.1. The van der Waals surface area contributed by atoms with Gasteiger partial charge in [0.25, 0.3) is 0 Å². The van der Waals surface area contributed by atoms with Crippen LogP contribution < -0.4 is 10.1 Å². The Hall–Kier alpha value is -1.66. The molecule has 0 heterocycles. The second-order valence-electron chi connectivity index (χ2n) is 4.82. The molecule has 1 N–H and O–H groups in total. The number of nitrogens with zero attached hydrogens (tertiary/aromatic N) is 2. The van der Waals surface area contributed by atoms with E-state index < -0.39 is 4.92 Å².